The van der Waals surface area contributed by atoms with Gasteiger partial charge in [0.25, 0.3) is 0 Å². The van der Waals surface area contributed by atoms with Gasteiger partial charge in [0, 0.05) is 11.9 Å². The van der Waals surface area contributed by atoms with Crippen molar-refractivity contribution >= 4 is 22.5 Å². The Bertz CT molecular complexity index is 913. The summed E-state index contributed by atoms with van der Waals surface area (Å²) in [4.78, 5) is 0. The summed E-state index contributed by atoms with van der Waals surface area (Å²) in [6.45, 7) is 6.92. The number of aromatic nitrogens is 1. The topological polar surface area (TPSA) is 28.7 Å². The summed E-state index contributed by atoms with van der Waals surface area (Å²) in [5.74, 6) is 0. The summed E-state index contributed by atoms with van der Waals surface area (Å²) in [5.41, 5.74) is 6.41. The summed E-state index contributed by atoms with van der Waals surface area (Å²) in [6.07, 6.45) is 0. The summed E-state index contributed by atoms with van der Waals surface area (Å²) < 4.78 is 2.05. The summed E-state index contributed by atoms with van der Waals surface area (Å²) in [7, 11) is 0. The Hall–Kier alpha value is -2.24. The predicted octanol–water partition coefficient (Wildman–Crippen LogP) is 5.14. The van der Waals surface area contributed by atoms with E-state index in [2.05, 4.69) is 45.0 Å². The molecule has 0 saturated carbocycles. The van der Waals surface area contributed by atoms with E-state index >= 15 is 0 Å². The van der Waals surface area contributed by atoms with Crippen molar-refractivity contribution in [2.24, 2.45) is 0 Å². The molecule has 0 aliphatic heterocycles. The molecule has 2 aromatic carbocycles. The van der Waals surface area contributed by atoms with Gasteiger partial charge in [-0.3, -0.25) is 0 Å². The Kier molecular flexibility index (Phi) is 3.68. The molecule has 3 aromatic rings. The smallest absolute Gasteiger partial charge is 0.128 e. The molecule has 3 heteroatoms. The number of fused-ring (bicyclic) bond motifs is 1. The molecule has 2 nitrogen and oxygen atoms in total. The zero-order chi connectivity index (χ0) is 15.9. The molecule has 0 unspecified atom stereocenters. The molecular weight excluding hydrogens is 292 g/mol. The number of nitrogens with zero attached hydrogens (tertiary/aromatic N) is 2. The van der Waals surface area contributed by atoms with Crippen LogP contribution in [0.5, 0.6) is 0 Å². The van der Waals surface area contributed by atoms with Crippen molar-refractivity contribution in [1.29, 1.82) is 5.26 Å². The van der Waals surface area contributed by atoms with Crippen LogP contribution in [0, 0.1) is 32.1 Å². The van der Waals surface area contributed by atoms with Gasteiger partial charge in [-0.15, -0.1) is 0 Å². The van der Waals surface area contributed by atoms with Gasteiger partial charge in [0.05, 0.1) is 11.1 Å². The van der Waals surface area contributed by atoms with Crippen molar-refractivity contribution < 1.29 is 0 Å². The largest absolute Gasteiger partial charge is 0.326 e. The predicted molar refractivity (Wildman–Crippen MR) is 91.4 cm³/mol. The number of halogens is 1. The lowest BCUT2D eigenvalue weighted by molar-refractivity contribution is 0.832. The fourth-order valence-electron chi connectivity index (χ4n) is 2.94. The Morgan fingerprint density at radius 2 is 1.91 bits per heavy atom. The van der Waals surface area contributed by atoms with Crippen LogP contribution >= 0.6 is 11.6 Å². The van der Waals surface area contributed by atoms with Gasteiger partial charge in [0.2, 0.25) is 0 Å². The molecule has 1 aromatic heterocycles. The first-order valence-electron chi connectivity index (χ1n) is 7.26. The van der Waals surface area contributed by atoms with E-state index in [1.54, 1.807) is 0 Å². The van der Waals surface area contributed by atoms with E-state index < -0.39 is 0 Å². The van der Waals surface area contributed by atoms with E-state index in [-0.39, 0.29) is 0 Å². The van der Waals surface area contributed by atoms with E-state index in [1.807, 2.05) is 22.8 Å². The Morgan fingerprint density at radius 3 is 2.59 bits per heavy atom. The van der Waals surface area contributed by atoms with Crippen LogP contribution in [0.25, 0.3) is 10.9 Å². The van der Waals surface area contributed by atoms with Crippen LogP contribution in [0.15, 0.2) is 36.4 Å². The van der Waals surface area contributed by atoms with Crippen LogP contribution in [0.1, 0.15) is 27.8 Å². The maximum Gasteiger partial charge on any atom is 0.128 e. The van der Waals surface area contributed by atoms with Crippen LogP contribution in [0.2, 0.25) is 5.15 Å². The molecule has 0 fully saturated rings. The van der Waals surface area contributed by atoms with E-state index in [0.29, 0.717) is 17.3 Å². The molecule has 110 valence electrons. The van der Waals surface area contributed by atoms with Gasteiger partial charge in [-0.2, -0.15) is 5.26 Å². The monoisotopic (exact) mass is 308 g/mol. The maximum absolute atomic E-state index is 9.45. The van der Waals surface area contributed by atoms with Gasteiger partial charge in [-0.05, 0) is 37.5 Å². The second kappa shape index (κ2) is 5.51. The molecule has 0 aliphatic rings. The molecule has 0 N–H and O–H groups in total. The van der Waals surface area contributed by atoms with E-state index in [4.69, 9.17) is 11.6 Å². The second-order valence-electron chi connectivity index (χ2n) is 5.76. The first kappa shape index (κ1) is 14.7. The highest BCUT2D eigenvalue weighted by atomic mass is 35.5. The van der Waals surface area contributed by atoms with Crippen LogP contribution in [0.3, 0.4) is 0 Å². The zero-order valence-corrected chi connectivity index (χ0v) is 13.7. The molecule has 0 spiro atoms. The molecule has 0 amide bonds. The van der Waals surface area contributed by atoms with E-state index in [0.717, 1.165) is 10.9 Å². The Labute approximate surface area is 135 Å². The lowest BCUT2D eigenvalue weighted by Crippen LogP contribution is -2.01. The third kappa shape index (κ3) is 2.28. The van der Waals surface area contributed by atoms with Crippen molar-refractivity contribution in [3.63, 3.8) is 0 Å². The molecule has 22 heavy (non-hydrogen) atoms. The summed E-state index contributed by atoms with van der Waals surface area (Å²) in [5, 5.41) is 10.9. The Balaban J connectivity index is 2.27. The Morgan fingerprint density at radius 1 is 1.14 bits per heavy atom. The number of rotatable bonds is 2. The quantitative estimate of drug-likeness (QED) is 0.644. The average molecular weight is 309 g/mol. The lowest BCUT2D eigenvalue weighted by Gasteiger charge is -2.11. The van der Waals surface area contributed by atoms with Crippen LogP contribution in [-0.4, -0.2) is 4.57 Å². The third-order valence-corrected chi connectivity index (χ3v) is 4.61. The highest BCUT2D eigenvalue weighted by Gasteiger charge is 2.18. The summed E-state index contributed by atoms with van der Waals surface area (Å²) in [6, 6.07) is 14.7. The van der Waals surface area contributed by atoms with Gasteiger partial charge in [0.15, 0.2) is 0 Å². The average Bonchev–Trinajstić information content (AvgIpc) is 2.76. The molecule has 0 bridgehead atoms. The highest BCUT2D eigenvalue weighted by molar-refractivity contribution is 6.32. The minimum absolute atomic E-state index is 0.521. The zero-order valence-electron chi connectivity index (χ0n) is 12.9. The first-order valence-corrected chi connectivity index (χ1v) is 7.64. The number of aryl methyl sites for hydroxylation is 3. The van der Waals surface area contributed by atoms with Crippen LogP contribution in [0.4, 0.5) is 0 Å². The molecule has 0 radical (unpaired) electrons. The molecule has 1 heterocycles. The molecular formula is C19H17ClN2. The SMILES string of the molecule is Cc1cccc(Cn2c(Cl)c(C#N)c3ccc(C)c(C)c32)c1. The van der Waals surface area contributed by atoms with Gasteiger partial charge < -0.3 is 4.57 Å². The van der Waals surface area contributed by atoms with E-state index in [9.17, 15) is 5.26 Å². The van der Waals surface area contributed by atoms with Crippen molar-refractivity contribution in [3.05, 3.63) is 69.4 Å². The van der Waals surface area contributed by atoms with Crippen molar-refractivity contribution in [1.82, 2.24) is 4.57 Å². The summed E-state index contributed by atoms with van der Waals surface area (Å²) >= 11 is 6.51. The number of hydrogen-bond acceptors (Lipinski definition) is 1. The molecule has 0 atom stereocenters. The standard InChI is InChI=1S/C19H17ClN2/c1-12-5-4-6-15(9-12)11-22-18-14(3)13(2)7-8-16(18)17(10-21)19(22)20/h4-9H,11H2,1-3H3. The van der Waals surface area contributed by atoms with Gasteiger partial charge in [0.1, 0.15) is 11.2 Å². The van der Waals surface area contributed by atoms with Crippen LogP contribution in [-0.2, 0) is 6.54 Å². The number of hydrogen-bond donors (Lipinski definition) is 0. The fourth-order valence-corrected chi connectivity index (χ4v) is 3.23. The molecule has 0 aliphatic carbocycles. The first-order chi connectivity index (χ1) is 10.5. The van der Waals surface area contributed by atoms with E-state index in [1.165, 1.54) is 22.3 Å². The van der Waals surface area contributed by atoms with Crippen molar-refractivity contribution in [3.8, 4) is 6.07 Å². The molecule has 3 rings (SSSR count). The molecule has 0 saturated heterocycles. The van der Waals surface area contributed by atoms with Crippen LogP contribution < -0.4 is 0 Å². The maximum atomic E-state index is 9.45. The third-order valence-electron chi connectivity index (χ3n) is 4.22. The van der Waals surface area contributed by atoms with Gasteiger partial charge >= 0.3 is 0 Å². The van der Waals surface area contributed by atoms with Gasteiger partial charge in [-0.25, -0.2) is 0 Å². The number of benzene rings is 2. The highest BCUT2D eigenvalue weighted by Crippen LogP contribution is 2.33. The minimum Gasteiger partial charge on any atom is -0.326 e. The second-order valence-corrected chi connectivity index (χ2v) is 6.11. The fraction of sp³-hybridized carbons (Fsp3) is 0.211. The minimum atomic E-state index is 0.521. The lowest BCUT2D eigenvalue weighted by atomic mass is 10.0. The number of nitriles is 1. The van der Waals surface area contributed by atoms with Crippen molar-refractivity contribution in [2.45, 2.75) is 27.3 Å². The van der Waals surface area contributed by atoms with Gasteiger partial charge in [-0.1, -0.05) is 53.6 Å². The normalized spacial score (nSPS) is 10.9. The van der Waals surface area contributed by atoms with Crippen molar-refractivity contribution in [2.75, 3.05) is 0 Å².